The summed E-state index contributed by atoms with van der Waals surface area (Å²) in [5.74, 6) is -5.99. The maximum atomic E-state index is 13.2. The van der Waals surface area contributed by atoms with Crippen LogP contribution in [0.1, 0.15) is 40.0 Å². The van der Waals surface area contributed by atoms with Gasteiger partial charge in [0, 0.05) is 19.0 Å². The van der Waals surface area contributed by atoms with Crippen molar-refractivity contribution in [2.24, 2.45) is 0 Å². The van der Waals surface area contributed by atoms with Gasteiger partial charge in [-0.3, -0.25) is 0 Å². The summed E-state index contributed by atoms with van der Waals surface area (Å²) in [6.45, 7) is 5.36. The normalized spacial score (nSPS) is 20.5. The molecule has 1 saturated heterocycles. The van der Waals surface area contributed by atoms with Crippen molar-refractivity contribution in [3.8, 4) is 0 Å². The molecule has 1 N–H and O–H groups in total. The van der Waals surface area contributed by atoms with Crippen LogP contribution in [-0.4, -0.2) is 46.2 Å². The molecule has 0 aromatic carbocycles. The van der Waals surface area contributed by atoms with Crippen molar-refractivity contribution < 1.29 is 28.2 Å². The number of likely N-dealkylation sites (tertiary alicyclic amines) is 1. The van der Waals surface area contributed by atoms with Gasteiger partial charge in [0.05, 0.1) is 0 Å². The van der Waals surface area contributed by atoms with Crippen LogP contribution in [0.3, 0.4) is 0 Å². The number of carboxylic acid groups (broad SMARTS) is 1. The minimum absolute atomic E-state index is 0.315. The summed E-state index contributed by atoms with van der Waals surface area (Å²) >= 11 is 0. The monoisotopic (exact) mass is 279 g/mol. The van der Waals surface area contributed by atoms with Crippen LogP contribution < -0.4 is 0 Å². The Morgan fingerprint density at radius 2 is 1.95 bits per heavy atom. The summed E-state index contributed by atoms with van der Waals surface area (Å²) in [5, 5.41) is 8.43. The lowest BCUT2D eigenvalue weighted by Crippen LogP contribution is -2.43. The smallest absolute Gasteiger partial charge is 0.410 e. The van der Waals surface area contributed by atoms with Crippen LogP contribution in [0, 0.1) is 0 Å². The van der Waals surface area contributed by atoms with Gasteiger partial charge in [-0.1, -0.05) is 0 Å². The number of carbonyl (C=O) groups excluding carboxylic acids is 1. The fourth-order valence-corrected chi connectivity index (χ4v) is 1.99. The molecule has 0 aromatic heterocycles. The molecule has 1 aliphatic heterocycles. The first-order valence-electron chi connectivity index (χ1n) is 6.14. The second kappa shape index (κ2) is 5.30. The van der Waals surface area contributed by atoms with E-state index in [4.69, 9.17) is 9.84 Å². The average molecular weight is 279 g/mol. The minimum Gasteiger partial charge on any atom is -0.477 e. The number of aliphatic carboxylic acids is 1. The molecule has 0 aliphatic carbocycles. The third-order valence-electron chi connectivity index (χ3n) is 2.81. The number of halogens is 2. The van der Waals surface area contributed by atoms with E-state index in [1.165, 1.54) is 4.90 Å². The average Bonchev–Trinajstić information content (AvgIpc) is 2.61. The van der Waals surface area contributed by atoms with E-state index in [1.807, 2.05) is 0 Å². The maximum Gasteiger partial charge on any atom is 0.410 e. The first-order chi connectivity index (χ1) is 8.53. The fraction of sp³-hybridized carbons (Fsp3) is 0.833. The molecule has 1 amide bonds. The molecule has 0 bridgehead atoms. The standard InChI is InChI=1S/C12H19F2NO4/c1-11(2,3)19-10(18)15-6-4-5-8(15)7-12(13,14)9(16)17/h8H,4-7H2,1-3H3,(H,16,17). The second-order valence-corrected chi connectivity index (χ2v) is 5.68. The number of hydrogen-bond acceptors (Lipinski definition) is 3. The van der Waals surface area contributed by atoms with Gasteiger partial charge >= 0.3 is 18.0 Å². The Balaban J connectivity index is 2.69. The molecule has 0 saturated carbocycles. The van der Waals surface area contributed by atoms with E-state index in [0.717, 1.165) is 0 Å². The SMILES string of the molecule is CC(C)(C)OC(=O)N1CCCC1CC(F)(F)C(=O)O. The van der Waals surface area contributed by atoms with Gasteiger partial charge in [-0.05, 0) is 33.6 Å². The molecule has 0 spiro atoms. The first-order valence-corrected chi connectivity index (χ1v) is 6.14. The van der Waals surface area contributed by atoms with Gasteiger partial charge in [0.25, 0.3) is 0 Å². The van der Waals surface area contributed by atoms with E-state index in [1.54, 1.807) is 20.8 Å². The number of carboxylic acids is 1. The highest BCUT2D eigenvalue weighted by atomic mass is 19.3. The number of alkyl halides is 2. The van der Waals surface area contributed by atoms with Crippen LogP contribution in [0.15, 0.2) is 0 Å². The van der Waals surface area contributed by atoms with Crippen LogP contribution in [0.5, 0.6) is 0 Å². The molecule has 110 valence electrons. The number of hydrogen-bond donors (Lipinski definition) is 1. The van der Waals surface area contributed by atoms with E-state index in [0.29, 0.717) is 19.4 Å². The predicted octanol–water partition coefficient (Wildman–Crippen LogP) is 2.50. The summed E-state index contributed by atoms with van der Waals surface area (Å²) in [7, 11) is 0. The zero-order valence-corrected chi connectivity index (χ0v) is 11.3. The summed E-state index contributed by atoms with van der Waals surface area (Å²) in [4.78, 5) is 23.5. The first kappa shape index (κ1) is 15.7. The topological polar surface area (TPSA) is 66.8 Å². The maximum absolute atomic E-state index is 13.2. The van der Waals surface area contributed by atoms with Crippen molar-refractivity contribution >= 4 is 12.1 Å². The van der Waals surface area contributed by atoms with Gasteiger partial charge in [0.15, 0.2) is 0 Å². The van der Waals surface area contributed by atoms with Crippen molar-refractivity contribution in [2.75, 3.05) is 6.54 Å². The Hall–Kier alpha value is -1.40. The van der Waals surface area contributed by atoms with E-state index in [2.05, 4.69) is 0 Å². The molecular formula is C12H19F2NO4. The highest BCUT2D eigenvalue weighted by Crippen LogP contribution is 2.30. The largest absolute Gasteiger partial charge is 0.477 e. The van der Waals surface area contributed by atoms with E-state index in [-0.39, 0.29) is 0 Å². The number of nitrogens with zero attached hydrogens (tertiary/aromatic N) is 1. The molecule has 0 radical (unpaired) electrons. The zero-order chi connectivity index (χ0) is 14.8. The van der Waals surface area contributed by atoms with Gasteiger partial charge in [0.1, 0.15) is 5.60 Å². The van der Waals surface area contributed by atoms with Crippen LogP contribution >= 0.6 is 0 Å². The minimum atomic E-state index is -3.82. The molecule has 1 heterocycles. The van der Waals surface area contributed by atoms with E-state index < -0.39 is 36.0 Å². The lowest BCUT2D eigenvalue weighted by Gasteiger charge is -2.29. The fourth-order valence-electron chi connectivity index (χ4n) is 1.99. The van der Waals surface area contributed by atoms with Crippen LogP contribution in [0.4, 0.5) is 13.6 Å². The van der Waals surface area contributed by atoms with E-state index >= 15 is 0 Å². The van der Waals surface area contributed by atoms with Crippen LogP contribution in [0.25, 0.3) is 0 Å². The van der Waals surface area contributed by atoms with Crippen LogP contribution in [-0.2, 0) is 9.53 Å². The van der Waals surface area contributed by atoms with Gasteiger partial charge < -0.3 is 14.7 Å². The number of carbonyl (C=O) groups is 2. The number of amides is 1. The van der Waals surface area contributed by atoms with Gasteiger partial charge in [-0.2, -0.15) is 8.78 Å². The van der Waals surface area contributed by atoms with Crippen molar-refractivity contribution in [3.63, 3.8) is 0 Å². The zero-order valence-electron chi connectivity index (χ0n) is 11.3. The molecule has 1 rings (SSSR count). The van der Waals surface area contributed by atoms with Crippen molar-refractivity contribution in [1.29, 1.82) is 0 Å². The molecule has 1 atom stereocenters. The molecule has 1 unspecified atom stereocenters. The van der Waals surface area contributed by atoms with Crippen molar-refractivity contribution in [1.82, 2.24) is 4.90 Å². The molecule has 5 nitrogen and oxygen atoms in total. The molecule has 1 aliphatic rings. The molecule has 1 fully saturated rings. The molecule has 19 heavy (non-hydrogen) atoms. The van der Waals surface area contributed by atoms with Crippen molar-refractivity contribution in [3.05, 3.63) is 0 Å². The van der Waals surface area contributed by atoms with Gasteiger partial charge in [-0.25, -0.2) is 9.59 Å². The van der Waals surface area contributed by atoms with Gasteiger partial charge in [0.2, 0.25) is 0 Å². The Kier molecular flexibility index (Phi) is 4.37. The van der Waals surface area contributed by atoms with Crippen LogP contribution in [0.2, 0.25) is 0 Å². The second-order valence-electron chi connectivity index (χ2n) is 5.68. The Labute approximate surface area is 110 Å². The molecule has 7 heteroatoms. The highest BCUT2D eigenvalue weighted by molar-refractivity contribution is 5.75. The third-order valence-corrected chi connectivity index (χ3v) is 2.81. The Morgan fingerprint density at radius 3 is 2.42 bits per heavy atom. The number of ether oxygens (including phenoxy) is 1. The Bertz CT molecular complexity index is 365. The lowest BCUT2D eigenvalue weighted by atomic mass is 10.1. The highest BCUT2D eigenvalue weighted by Gasteiger charge is 2.45. The van der Waals surface area contributed by atoms with Crippen molar-refractivity contribution in [2.45, 2.75) is 57.6 Å². The predicted molar refractivity (Wildman–Crippen MR) is 63.2 cm³/mol. The quantitative estimate of drug-likeness (QED) is 0.862. The van der Waals surface area contributed by atoms with E-state index in [9.17, 15) is 18.4 Å². The summed E-state index contributed by atoms with van der Waals surface area (Å²) < 4.78 is 31.5. The summed E-state index contributed by atoms with van der Waals surface area (Å²) in [5.41, 5.74) is -0.709. The Morgan fingerprint density at radius 1 is 1.37 bits per heavy atom. The molecular weight excluding hydrogens is 260 g/mol. The molecule has 0 aromatic rings. The lowest BCUT2D eigenvalue weighted by molar-refractivity contribution is -0.167. The summed E-state index contributed by atoms with van der Waals surface area (Å²) in [6, 6.07) is -0.791. The van der Waals surface area contributed by atoms with Gasteiger partial charge in [-0.15, -0.1) is 0 Å². The number of rotatable bonds is 3. The third kappa shape index (κ3) is 4.33. The summed E-state index contributed by atoms with van der Waals surface area (Å²) in [6.07, 6.45) is -0.611.